The van der Waals surface area contributed by atoms with Crippen molar-refractivity contribution in [1.82, 2.24) is 0 Å². The summed E-state index contributed by atoms with van der Waals surface area (Å²) in [5.41, 5.74) is 0.636. The van der Waals surface area contributed by atoms with Crippen molar-refractivity contribution >= 4 is 0 Å². The van der Waals surface area contributed by atoms with Crippen LogP contribution < -0.4 is 0 Å². The molecule has 9 atom stereocenters. The van der Waals surface area contributed by atoms with Crippen LogP contribution in [0, 0.1) is 52.3 Å². The maximum atomic E-state index is 11.3. The van der Waals surface area contributed by atoms with Crippen LogP contribution in [-0.4, -0.2) is 22.4 Å². The molecule has 0 aliphatic heterocycles. The Bertz CT molecular complexity index is 585. The van der Waals surface area contributed by atoms with Gasteiger partial charge in [0, 0.05) is 6.61 Å². The smallest absolute Gasteiger partial charge is 0.0678 e. The van der Waals surface area contributed by atoms with Crippen molar-refractivity contribution in [3.8, 4) is 0 Å². The highest BCUT2D eigenvalue weighted by Crippen LogP contribution is 2.69. The van der Waals surface area contributed by atoms with Gasteiger partial charge in [-0.25, -0.2) is 0 Å². The van der Waals surface area contributed by atoms with Crippen LogP contribution >= 0.6 is 0 Å². The zero-order valence-corrected chi connectivity index (χ0v) is 17.9. The summed E-state index contributed by atoms with van der Waals surface area (Å²) in [7, 11) is 0. The predicted molar refractivity (Wildman–Crippen MR) is 109 cm³/mol. The average Bonchev–Trinajstić information content (AvgIpc) is 3.44. The van der Waals surface area contributed by atoms with Crippen LogP contribution in [0.15, 0.2) is 0 Å². The van der Waals surface area contributed by atoms with Gasteiger partial charge in [0.25, 0.3) is 0 Å². The zero-order valence-electron chi connectivity index (χ0n) is 17.9. The molecular formula is C25H42O2. The summed E-state index contributed by atoms with van der Waals surface area (Å²) in [6.45, 7) is 7.84. The predicted octanol–water partition coefficient (Wildman–Crippen LogP) is 5.41. The summed E-state index contributed by atoms with van der Waals surface area (Å²) >= 11 is 0. The fourth-order valence-electron chi connectivity index (χ4n) is 9.37. The highest BCUT2D eigenvalue weighted by molar-refractivity contribution is 5.12. The molecule has 0 aromatic heterocycles. The number of hydrogen-bond acceptors (Lipinski definition) is 2. The third-order valence-electron chi connectivity index (χ3n) is 11.1. The fraction of sp³-hybridized carbons (Fsp3) is 1.00. The Kier molecular flexibility index (Phi) is 4.35. The monoisotopic (exact) mass is 374 g/mol. The minimum Gasteiger partial charge on any atom is -0.396 e. The third kappa shape index (κ3) is 2.64. The van der Waals surface area contributed by atoms with Gasteiger partial charge in [-0.05, 0) is 123 Å². The minimum absolute atomic E-state index is 0.310. The van der Waals surface area contributed by atoms with Gasteiger partial charge < -0.3 is 10.2 Å². The quantitative estimate of drug-likeness (QED) is 0.693. The van der Waals surface area contributed by atoms with Gasteiger partial charge >= 0.3 is 0 Å². The second-order valence-corrected chi connectivity index (χ2v) is 12.1. The van der Waals surface area contributed by atoms with Gasteiger partial charge in [-0.2, -0.15) is 0 Å². The molecule has 5 aliphatic rings. The number of rotatable bonds is 3. The molecule has 0 heterocycles. The molecular weight excluding hydrogens is 332 g/mol. The molecule has 2 N–H and O–H groups in total. The Balaban J connectivity index is 1.38. The first-order chi connectivity index (χ1) is 12.8. The lowest BCUT2D eigenvalue weighted by Crippen LogP contribution is -2.56. The van der Waals surface area contributed by atoms with Crippen molar-refractivity contribution < 1.29 is 10.2 Å². The number of fused-ring (bicyclic) bond motifs is 5. The maximum Gasteiger partial charge on any atom is 0.0678 e. The van der Waals surface area contributed by atoms with Crippen molar-refractivity contribution in [2.45, 2.75) is 97.0 Å². The van der Waals surface area contributed by atoms with E-state index in [-0.39, 0.29) is 5.60 Å². The summed E-state index contributed by atoms with van der Waals surface area (Å²) in [5.74, 6) is 5.27. The van der Waals surface area contributed by atoms with Crippen molar-refractivity contribution in [3.63, 3.8) is 0 Å². The Hall–Kier alpha value is -0.0800. The van der Waals surface area contributed by atoms with Gasteiger partial charge in [0.15, 0.2) is 0 Å². The maximum absolute atomic E-state index is 11.3. The first kappa shape index (κ1) is 18.9. The first-order valence-corrected chi connectivity index (χ1v) is 12.1. The molecule has 2 nitrogen and oxygen atoms in total. The number of aliphatic hydroxyl groups excluding tert-OH is 1. The van der Waals surface area contributed by atoms with E-state index < -0.39 is 0 Å². The second-order valence-electron chi connectivity index (χ2n) is 12.1. The lowest BCUT2D eigenvalue weighted by atomic mass is 9.43. The van der Waals surface area contributed by atoms with Gasteiger partial charge in [-0.15, -0.1) is 0 Å². The number of aliphatic hydroxyl groups is 2. The highest BCUT2D eigenvalue weighted by Gasteiger charge is 2.62. The van der Waals surface area contributed by atoms with Crippen LogP contribution in [0.25, 0.3) is 0 Å². The van der Waals surface area contributed by atoms with Crippen LogP contribution in [0.3, 0.4) is 0 Å². The summed E-state index contributed by atoms with van der Waals surface area (Å²) in [6.07, 6.45) is 14.3. The normalized spacial score (nSPS) is 56.1. The Morgan fingerprint density at radius 3 is 2.22 bits per heavy atom. The van der Waals surface area contributed by atoms with Crippen molar-refractivity contribution in [1.29, 1.82) is 0 Å². The van der Waals surface area contributed by atoms with E-state index in [0.717, 1.165) is 42.4 Å². The summed E-state index contributed by atoms with van der Waals surface area (Å²) < 4.78 is 0. The van der Waals surface area contributed by atoms with E-state index >= 15 is 0 Å². The molecule has 5 fully saturated rings. The lowest BCUT2D eigenvalue weighted by Gasteiger charge is -2.62. The van der Waals surface area contributed by atoms with Crippen LogP contribution in [0.5, 0.6) is 0 Å². The molecule has 0 unspecified atom stereocenters. The van der Waals surface area contributed by atoms with E-state index in [1.165, 1.54) is 57.8 Å². The molecule has 0 radical (unpaired) electrons. The van der Waals surface area contributed by atoms with Crippen molar-refractivity contribution in [2.75, 3.05) is 6.61 Å². The molecule has 5 rings (SSSR count). The van der Waals surface area contributed by atoms with Crippen LogP contribution in [0.4, 0.5) is 0 Å². The van der Waals surface area contributed by atoms with E-state index in [1.54, 1.807) is 0 Å². The standard InChI is InChI=1S/C25H42O2/c1-16(15-26)20-8-9-21-19-7-6-18-14-25(27,17-4-5-17)13-12-23(18,2)22(19)10-11-24(20,21)3/h16-22,26-27H,4-15H2,1-3H3/t16-,18-,19+,20-,21+,22+,23+,24-,25-/m1/s1. The molecule has 5 saturated carbocycles. The summed E-state index contributed by atoms with van der Waals surface area (Å²) in [5, 5.41) is 21.1. The van der Waals surface area contributed by atoms with Crippen LogP contribution in [0.2, 0.25) is 0 Å². The van der Waals surface area contributed by atoms with Gasteiger partial charge in [0.1, 0.15) is 0 Å². The average molecular weight is 375 g/mol. The highest BCUT2D eigenvalue weighted by atomic mass is 16.3. The van der Waals surface area contributed by atoms with Gasteiger partial charge in [-0.1, -0.05) is 20.8 Å². The van der Waals surface area contributed by atoms with Gasteiger partial charge in [-0.3, -0.25) is 0 Å². The van der Waals surface area contributed by atoms with Crippen molar-refractivity contribution in [2.24, 2.45) is 52.3 Å². The summed E-state index contributed by atoms with van der Waals surface area (Å²) in [4.78, 5) is 0. The SMILES string of the molecule is C[C@H](CO)[C@H]1CC[C@H]2[C@@H]3CC[C@@H]4C[C@@](O)(C5CC5)CC[C@]4(C)[C@H]3CC[C@]12C. The number of hydrogen-bond donors (Lipinski definition) is 2. The fourth-order valence-corrected chi connectivity index (χ4v) is 9.37. The van der Waals surface area contributed by atoms with E-state index in [9.17, 15) is 10.2 Å². The first-order valence-electron chi connectivity index (χ1n) is 12.1. The molecule has 0 bridgehead atoms. The second kappa shape index (κ2) is 6.21. The molecule has 5 aliphatic carbocycles. The van der Waals surface area contributed by atoms with Crippen LogP contribution in [-0.2, 0) is 0 Å². The van der Waals surface area contributed by atoms with Gasteiger partial charge in [0.05, 0.1) is 5.60 Å². The van der Waals surface area contributed by atoms with Crippen molar-refractivity contribution in [3.05, 3.63) is 0 Å². The molecule has 0 saturated heterocycles. The molecule has 0 spiro atoms. The van der Waals surface area contributed by atoms with E-state index in [2.05, 4.69) is 20.8 Å². The van der Waals surface area contributed by atoms with Gasteiger partial charge in [0.2, 0.25) is 0 Å². The van der Waals surface area contributed by atoms with E-state index in [1.807, 2.05) is 0 Å². The Morgan fingerprint density at radius 1 is 0.815 bits per heavy atom. The minimum atomic E-state index is -0.310. The Labute approximate surface area is 166 Å². The molecule has 0 aromatic carbocycles. The Morgan fingerprint density at radius 2 is 1.52 bits per heavy atom. The molecule has 0 amide bonds. The topological polar surface area (TPSA) is 40.5 Å². The molecule has 27 heavy (non-hydrogen) atoms. The largest absolute Gasteiger partial charge is 0.396 e. The lowest BCUT2D eigenvalue weighted by molar-refractivity contribution is -0.157. The molecule has 2 heteroatoms. The van der Waals surface area contributed by atoms with E-state index in [4.69, 9.17) is 0 Å². The zero-order chi connectivity index (χ0) is 19.0. The summed E-state index contributed by atoms with van der Waals surface area (Å²) in [6, 6.07) is 0. The van der Waals surface area contributed by atoms with Crippen LogP contribution in [0.1, 0.15) is 91.4 Å². The molecule has 154 valence electrons. The van der Waals surface area contributed by atoms with E-state index in [0.29, 0.717) is 29.3 Å². The molecule has 0 aromatic rings. The third-order valence-corrected chi connectivity index (χ3v) is 11.1.